The predicted molar refractivity (Wildman–Crippen MR) is 108 cm³/mol. The lowest BCUT2D eigenvalue weighted by atomic mass is 10.1. The van der Waals surface area contributed by atoms with Crippen LogP contribution in [-0.4, -0.2) is 80.1 Å². The molecule has 0 aliphatic carbocycles. The van der Waals surface area contributed by atoms with Gasteiger partial charge < -0.3 is 18.7 Å². The minimum Gasteiger partial charge on any atom is -0.464 e. The highest BCUT2D eigenvalue weighted by Crippen LogP contribution is 2.33. The molecule has 1 aliphatic rings. The Labute approximate surface area is 179 Å². The van der Waals surface area contributed by atoms with Crippen LogP contribution in [0.25, 0.3) is 0 Å². The highest BCUT2D eigenvalue weighted by atomic mass is 32.2. The summed E-state index contributed by atoms with van der Waals surface area (Å²) in [6.45, 7) is 1.73. The molecule has 1 aromatic rings. The van der Waals surface area contributed by atoms with E-state index in [4.69, 9.17) is 4.18 Å². The van der Waals surface area contributed by atoms with Crippen molar-refractivity contribution in [3.05, 3.63) is 21.9 Å². The number of esters is 1. The monoisotopic (exact) mass is 458 g/mol. The van der Waals surface area contributed by atoms with Crippen LogP contribution in [-0.2, 0) is 24.4 Å². The second kappa shape index (κ2) is 9.04. The largest absolute Gasteiger partial charge is 0.464 e. The third kappa shape index (κ3) is 5.03. The molecule has 2 rings (SSSR count). The molecule has 0 N–H and O–H groups in total. The maximum absolute atomic E-state index is 13.2. The zero-order chi connectivity index (χ0) is 23.7. The Hall–Kier alpha value is -2.96. The normalized spacial score (nSPS) is 18.4. The molecule has 31 heavy (non-hydrogen) atoms. The number of fused-ring (bicyclic) bond motifs is 1. The number of amides is 2. The molecule has 0 fully saturated rings. The molecule has 2 heterocycles. The molecule has 2 atom stereocenters. The van der Waals surface area contributed by atoms with Crippen LogP contribution in [0.1, 0.15) is 54.6 Å². The molecule has 0 aromatic carbocycles. The van der Waals surface area contributed by atoms with Gasteiger partial charge in [-0.15, -0.1) is 0 Å². The number of hydrogen-bond donors (Lipinski definition) is 0. The first kappa shape index (κ1) is 24.3. The molecule has 1 aliphatic heterocycles. The van der Waals surface area contributed by atoms with Gasteiger partial charge in [0.25, 0.3) is 5.56 Å². The van der Waals surface area contributed by atoms with Gasteiger partial charge in [0.1, 0.15) is 5.82 Å². The number of carbonyl (C=O) groups excluding carboxylic acids is 3. The van der Waals surface area contributed by atoms with Crippen molar-refractivity contribution >= 4 is 27.9 Å². The summed E-state index contributed by atoms with van der Waals surface area (Å²) in [5.41, 5.74) is -1.52. The number of likely N-dealkylation sites (N-methyl/N-ethyl adjacent to an activating group) is 2. The van der Waals surface area contributed by atoms with Crippen molar-refractivity contribution in [3.8, 4) is 5.75 Å². The van der Waals surface area contributed by atoms with E-state index in [9.17, 15) is 27.6 Å². The van der Waals surface area contributed by atoms with Crippen LogP contribution in [0.4, 0.5) is 0 Å². The summed E-state index contributed by atoms with van der Waals surface area (Å²) in [4.78, 5) is 56.8. The Morgan fingerprint density at radius 2 is 1.74 bits per heavy atom. The molecular weight excluding hydrogens is 432 g/mol. The summed E-state index contributed by atoms with van der Waals surface area (Å²) in [6.07, 6.45) is 2.20. The first-order chi connectivity index (χ1) is 14.3. The van der Waals surface area contributed by atoms with E-state index in [1.54, 1.807) is 6.92 Å². The topological polar surface area (TPSA) is 145 Å². The van der Waals surface area contributed by atoms with Gasteiger partial charge in [-0.2, -0.15) is 8.42 Å². The van der Waals surface area contributed by atoms with Gasteiger partial charge in [0.15, 0.2) is 5.69 Å². The maximum Gasteiger partial charge on any atom is 0.360 e. The van der Waals surface area contributed by atoms with Crippen molar-refractivity contribution in [1.29, 1.82) is 0 Å². The SMILES string of the molecule is COC(=O)c1nc2n(c(=O)c1OS(C)(=O)=O)[C@@H](C)CCC[C@H]2N(C)C(=O)C(=O)N(C)C. The fourth-order valence-corrected chi connectivity index (χ4v) is 3.82. The zero-order valence-corrected chi connectivity index (χ0v) is 19.1. The van der Waals surface area contributed by atoms with Crippen LogP contribution < -0.4 is 9.74 Å². The lowest BCUT2D eigenvalue weighted by Crippen LogP contribution is -2.44. The number of carbonyl (C=O) groups is 3. The zero-order valence-electron chi connectivity index (χ0n) is 18.2. The van der Waals surface area contributed by atoms with Crippen molar-refractivity contribution in [1.82, 2.24) is 19.4 Å². The highest BCUT2D eigenvalue weighted by molar-refractivity contribution is 7.86. The minimum atomic E-state index is -4.16. The van der Waals surface area contributed by atoms with E-state index in [1.165, 1.54) is 25.7 Å². The average molecular weight is 458 g/mol. The summed E-state index contributed by atoms with van der Waals surface area (Å²) < 4.78 is 34.0. The molecule has 0 radical (unpaired) electrons. The second-order valence-electron chi connectivity index (χ2n) is 7.51. The van der Waals surface area contributed by atoms with Gasteiger partial charge in [-0.3, -0.25) is 19.0 Å². The number of ether oxygens (including phenoxy) is 1. The number of methoxy groups -OCH3 is 1. The molecule has 1 aromatic heterocycles. The Balaban J connectivity index is 2.77. The fraction of sp³-hybridized carbons (Fsp3) is 0.611. The Bertz CT molecular complexity index is 1060. The van der Waals surface area contributed by atoms with Crippen LogP contribution in [0.3, 0.4) is 0 Å². The summed E-state index contributed by atoms with van der Waals surface area (Å²) in [7, 11) is 1.16. The summed E-state index contributed by atoms with van der Waals surface area (Å²) in [6, 6.07) is -1.24. The van der Waals surface area contributed by atoms with Gasteiger partial charge in [0.2, 0.25) is 5.75 Å². The van der Waals surface area contributed by atoms with E-state index >= 15 is 0 Å². The van der Waals surface area contributed by atoms with Crippen LogP contribution in [0.2, 0.25) is 0 Å². The van der Waals surface area contributed by atoms with Gasteiger partial charge >= 0.3 is 27.9 Å². The summed E-state index contributed by atoms with van der Waals surface area (Å²) in [5, 5.41) is 0. The van der Waals surface area contributed by atoms with Gasteiger partial charge in [-0.05, 0) is 26.2 Å². The Morgan fingerprint density at radius 1 is 1.13 bits per heavy atom. The summed E-state index contributed by atoms with van der Waals surface area (Å²) in [5.74, 6) is -3.39. The maximum atomic E-state index is 13.2. The van der Waals surface area contributed by atoms with Crippen LogP contribution >= 0.6 is 0 Å². The molecule has 0 bridgehead atoms. The molecule has 12 nitrogen and oxygen atoms in total. The molecule has 0 spiro atoms. The van der Waals surface area contributed by atoms with E-state index in [-0.39, 0.29) is 5.82 Å². The van der Waals surface area contributed by atoms with Crippen LogP contribution in [0.5, 0.6) is 5.75 Å². The molecule has 0 saturated carbocycles. The van der Waals surface area contributed by atoms with Gasteiger partial charge in [0, 0.05) is 27.2 Å². The molecule has 13 heteroatoms. The number of rotatable bonds is 4. The lowest BCUT2D eigenvalue weighted by Gasteiger charge is -2.29. The van der Waals surface area contributed by atoms with Gasteiger partial charge in [-0.1, -0.05) is 0 Å². The Morgan fingerprint density at radius 3 is 2.26 bits per heavy atom. The molecule has 172 valence electrons. The quantitative estimate of drug-likeness (QED) is 0.337. The number of nitrogens with zero attached hydrogens (tertiary/aromatic N) is 4. The van der Waals surface area contributed by atoms with Crippen LogP contribution in [0, 0.1) is 0 Å². The van der Waals surface area contributed by atoms with Crippen molar-refractivity contribution in [2.45, 2.75) is 38.3 Å². The lowest BCUT2D eigenvalue weighted by molar-refractivity contribution is -0.151. The average Bonchev–Trinajstić information content (AvgIpc) is 2.85. The predicted octanol–water partition coefficient (Wildman–Crippen LogP) is -0.299. The van der Waals surface area contributed by atoms with E-state index in [2.05, 4.69) is 9.72 Å². The van der Waals surface area contributed by atoms with Gasteiger partial charge in [0.05, 0.1) is 19.4 Å². The highest BCUT2D eigenvalue weighted by Gasteiger charge is 2.36. The van der Waals surface area contributed by atoms with E-state index in [0.717, 1.165) is 23.2 Å². The fourth-order valence-electron chi connectivity index (χ4n) is 3.37. The third-order valence-electron chi connectivity index (χ3n) is 4.93. The van der Waals surface area contributed by atoms with Gasteiger partial charge in [-0.25, -0.2) is 9.78 Å². The molecule has 0 saturated heterocycles. The second-order valence-corrected chi connectivity index (χ2v) is 9.09. The van der Waals surface area contributed by atoms with E-state index in [0.29, 0.717) is 19.3 Å². The van der Waals surface area contributed by atoms with Crippen molar-refractivity contribution in [3.63, 3.8) is 0 Å². The summed E-state index contributed by atoms with van der Waals surface area (Å²) >= 11 is 0. The van der Waals surface area contributed by atoms with E-state index < -0.39 is 57.0 Å². The third-order valence-corrected chi connectivity index (χ3v) is 5.40. The minimum absolute atomic E-state index is 0.0404. The molecule has 0 unspecified atom stereocenters. The van der Waals surface area contributed by atoms with E-state index in [1.807, 2.05) is 0 Å². The van der Waals surface area contributed by atoms with Crippen molar-refractivity contribution < 1.29 is 31.7 Å². The van der Waals surface area contributed by atoms with Crippen molar-refractivity contribution in [2.75, 3.05) is 34.5 Å². The first-order valence-corrected chi connectivity index (χ1v) is 11.2. The number of hydrogen-bond acceptors (Lipinski definition) is 9. The molecular formula is C18H26N4O8S. The Kier molecular flexibility index (Phi) is 7.09. The number of aromatic nitrogens is 2. The standard InChI is InChI=1S/C18H26N4O8S/c1-10-8-7-9-11(21(4)17(25)16(24)20(2)3)14-19-12(18(26)29-5)13(15(23)22(10)14)30-31(6,27)28/h10-11H,7-9H2,1-6H3/t10-,11+/m0/s1. The first-order valence-electron chi connectivity index (χ1n) is 9.42. The smallest absolute Gasteiger partial charge is 0.360 e. The molecule has 2 amide bonds. The van der Waals surface area contributed by atoms with Crippen LogP contribution in [0.15, 0.2) is 4.79 Å². The van der Waals surface area contributed by atoms with Crippen molar-refractivity contribution in [2.24, 2.45) is 0 Å².